The topological polar surface area (TPSA) is 91.7 Å². The quantitative estimate of drug-likeness (QED) is 0.514. The van der Waals surface area contributed by atoms with Crippen molar-refractivity contribution in [2.24, 2.45) is 0 Å². The highest BCUT2D eigenvalue weighted by Gasteiger charge is 2.11. The highest BCUT2D eigenvalue weighted by atomic mass is 16.4. The van der Waals surface area contributed by atoms with Crippen LogP contribution in [0.25, 0.3) is 0 Å². The molecule has 0 aromatic heterocycles. The number of benzene rings is 2. The second kappa shape index (κ2) is 8.16. The van der Waals surface area contributed by atoms with E-state index in [0.717, 1.165) is 24.0 Å². The van der Waals surface area contributed by atoms with E-state index in [0.29, 0.717) is 0 Å². The van der Waals surface area contributed by atoms with Gasteiger partial charge in [-0.15, -0.1) is 0 Å². The molecule has 22 heavy (non-hydrogen) atoms. The molecular formula is C17H14O5. The van der Waals surface area contributed by atoms with E-state index in [4.69, 9.17) is 5.11 Å². The summed E-state index contributed by atoms with van der Waals surface area (Å²) in [4.78, 5) is 31.6. The molecule has 0 saturated carbocycles. The molecule has 112 valence electrons. The zero-order valence-corrected chi connectivity index (χ0v) is 11.6. The lowest BCUT2D eigenvalue weighted by atomic mass is 10.1. The molecule has 0 aliphatic rings. The number of carboxylic acid groups (broad SMARTS) is 1. The van der Waals surface area contributed by atoms with Crippen LogP contribution < -0.4 is 0 Å². The van der Waals surface area contributed by atoms with Gasteiger partial charge in [0.1, 0.15) is 17.6 Å². The molecule has 0 aliphatic heterocycles. The third-order valence-corrected chi connectivity index (χ3v) is 2.63. The number of hydrogen-bond acceptors (Lipinski definition) is 4. The third-order valence-electron chi connectivity index (χ3n) is 2.63. The second-order valence-electron chi connectivity index (χ2n) is 4.13. The Balaban J connectivity index is 0.000000255. The number of ketones is 1. The molecule has 2 aromatic rings. The van der Waals surface area contributed by atoms with Gasteiger partial charge in [-0.2, -0.15) is 0 Å². The Kier molecular flexibility index (Phi) is 6.25. The summed E-state index contributed by atoms with van der Waals surface area (Å²) in [6.45, 7) is 3.28. The van der Waals surface area contributed by atoms with Crippen molar-refractivity contribution < 1.29 is 24.6 Å². The molecule has 2 aromatic carbocycles. The summed E-state index contributed by atoms with van der Waals surface area (Å²) >= 11 is 0. The average molecular weight is 298 g/mol. The summed E-state index contributed by atoms with van der Waals surface area (Å²) in [5.41, 5.74) is 0.709. The number of carbonyl (C=O) groups excluding carboxylic acids is 2. The molecule has 0 unspecified atom stereocenters. The molecular weight excluding hydrogens is 284 g/mol. The van der Waals surface area contributed by atoms with Gasteiger partial charge in [0, 0.05) is 11.1 Å². The fourth-order valence-electron chi connectivity index (χ4n) is 1.52. The number of hydrogen-bond donors (Lipinski definition) is 2. The minimum Gasteiger partial charge on any atom is -0.507 e. The number of carbonyl (C=O) groups is 3. The molecule has 0 spiro atoms. The molecule has 0 atom stereocenters. The first-order valence-electron chi connectivity index (χ1n) is 6.23. The molecule has 5 heteroatoms. The Morgan fingerprint density at radius 3 is 2.09 bits per heavy atom. The zero-order chi connectivity index (χ0) is 16.5. The van der Waals surface area contributed by atoms with Crippen molar-refractivity contribution in [1.82, 2.24) is 0 Å². The number of aldehydes is 1. The second-order valence-corrected chi connectivity index (χ2v) is 4.13. The van der Waals surface area contributed by atoms with E-state index in [-0.39, 0.29) is 16.9 Å². The summed E-state index contributed by atoms with van der Waals surface area (Å²) in [6, 6.07) is 12.7. The number of phenols is 1. The lowest BCUT2D eigenvalue weighted by molar-refractivity contribution is 0.0693. The standard InChI is InChI=1S/C10H8O4.C7H6O/c1-2-8(11)6-3-4-7(10(13)14)9(12)5-6;8-6-7-4-2-1-3-5-7/h2-5,12H,1H2,(H,13,14);1-6H. The van der Waals surface area contributed by atoms with Crippen molar-refractivity contribution in [2.75, 3.05) is 0 Å². The number of rotatable bonds is 4. The monoisotopic (exact) mass is 298 g/mol. The fraction of sp³-hybridized carbons (Fsp3) is 0. The van der Waals surface area contributed by atoms with Crippen molar-refractivity contribution in [3.8, 4) is 5.75 Å². The molecule has 0 bridgehead atoms. The van der Waals surface area contributed by atoms with Crippen LogP contribution in [0.2, 0.25) is 0 Å². The van der Waals surface area contributed by atoms with Crippen LogP contribution in [0.15, 0.2) is 61.2 Å². The maximum atomic E-state index is 11.1. The van der Waals surface area contributed by atoms with Crippen LogP contribution >= 0.6 is 0 Å². The van der Waals surface area contributed by atoms with Crippen LogP contribution in [0.5, 0.6) is 5.75 Å². The Morgan fingerprint density at radius 1 is 1.05 bits per heavy atom. The number of carboxylic acids is 1. The van der Waals surface area contributed by atoms with Crippen molar-refractivity contribution in [3.63, 3.8) is 0 Å². The van der Waals surface area contributed by atoms with Crippen LogP contribution in [-0.2, 0) is 0 Å². The smallest absolute Gasteiger partial charge is 0.339 e. The van der Waals surface area contributed by atoms with E-state index in [1.54, 1.807) is 12.1 Å². The van der Waals surface area contributed by atoms with Gasteiger partial charge in [-0.25, -0.2) is 4.79 Å². The van der Waals surface area contributed by atoms with E-state index in [1.807, 2.05) is 18.2 Å². The van der Waals surface area contributed by atoms with E-state index in [1.165, 1.54) is 12.1 Å². The summed E-state index contributed by atoms with van der Waals surface area (Å²) in [7, 11) is 0. The van der Waals surface area contributed by atoms with Gasteiger partial charge in [0.05, 0.1) is 0 Å². The zero-order valence-electron chi connectivity index (χ0n) is 11.6. The van der Waals surface area contributed by atoms with Crippen molar-refractivity contribution >= 4 is 18.0 Å². The number of aromatic carboxylic acids is 1. The number of aromatic hydroxyl groups is 1. The van der Waals surface area contributed by atoms with Gasteiger partial charge in [0.25, 0.3) is 0 Å². The Labute approximate surface area is 127 Å². The van der Waals surface area contributed by atoms with Crippen LogP contribution in [-0.4, -0.2) is 28.3 Å². The molecule has 5 nitrogen and oxygen atoms in total. The lowest BCUT2D eigenvalue weighted by Gasteiger charge is -2.00. The maximum Gasteiger partial charge on any atom is 0.339 e. The SMILES string of the molecule is C=CC(=O)c1ccc(C(=O)O)c(O)c1.O=Cc1ccccc1. The van der Waals surface area contributed by atoms with Crippen molar-refractivity contribution in [3.05, 3.63) is 77.9 Å². The van der Waals surface area contributed by atoms with Gasteiger partial charge in [0.15, 0.2) is 5.78 Å². The fourth-order valence-corrected chi connectivity index (χ4v) is 1.52. The molecule has 0 saturated heterocycles. The number of allylic oxidation sites excluding steroid dienone is 1. The van der Waals surface area contributed by atoms with Crippen LogP contribution in [0, 0.1) is 0 Å². The van der Waals surface area contributed by atoms with Crippen LogP contribution in [0.4, 0.5) is 0 Å². The van der Waals surface area contributed by atoms with Crippen LogP contribution in [0.3, 0.4) is 0 Å². The first-order valence-corrected chi connectivity index (χ1v) is 6.23. The largest absolute Gasteiger partial charge is 0.507 e. The van der Waals surface area contributed by atoms with Crippen LogP contribution in [0.1, 0.15) is 31.1 Å². The Bertz CT molecular complexity index is 689. The molecule has 0 amide bonds. The molecule has 0 heterocycles. The van der Waals surface area contributed by atoms with E-state index in [2.05, 4.69) is 6.58 Å². The average Bonchev–Trinajstić information content (AvgIpc) is 2.55. The van der Waals surface area contributed by atoms with Gasteiger partial charge in [-0.3, -0.25) is 9.59 Å². The summed E-state index contributed by atoms with van der Waals surface area (Å²) in [6.07, 6.45) is 1.93. The molecule has 0 aliphatic carbocycles. The van der Waals surface area contributed by atoms with Crippen molar-refractivity contribution in [1.29, 1.82) is 0 Å². The molecule has 2 N–H and O–H groups in total. The van der Waals surface area contributed by atoms with Crippen molar-refractivity contribution in [2.45, 2.75) is 0 Å². The normalized spacial score (nSPS) is 9.09. The summed E-state index contributed by atoms with van der Waals surface area (Å²) in [5, 5.41) is 17.8. The Hall–Kier alpha value is -3.21. The highest BCUT2D eigenvalue weighted by molar-refractivity contribution is 6.05. The van der Waals surface area contributed by atoms with E-state index >= 15 is 0 Å². The first kappa shape index (κ1) is 16.8. The van der Waals surface area contributed by atoms with Gasteiger partial charge in [-0.1, -0.05) is 36.9 Å². The van der Waals surface area contributed by atoms with E-state index in [9.17, 15) is 19.5 Å². The molecule has 2 rings (SSSR count). The predicted octanol–water partition coefficient (Wildman–Crippen LogP) is 2.96. The first-order chi connectivity index (χ1) is 10.5. The van der Waals surface area contributed by atoms with Gasteiger partial charge >= 0.3 is 5.97 Å². The predicted molar refractivity (Wildman–Crippen MR) is 81.4 cm³/mol. The summed E-state index contributed by atoms with van der Waals surface area (Å²) < 4.78 is 0. The van der Waals surface area contributed by atoms with Gasteiger partial charge in [-0.05, 0) is 24.3 Å². The van der Waals surface area contributed by atoms with Gasteiger partial charge < -0.3 is 10.2 Å². The third kappa shape index (κ3) is 4.72. The summed E-state index contributed by atoms with van der Waals surface area (Å²) in [5.74, 6) is -2.03. The lowest BCUT2D eigenvalue weighted by Crippen LogP contribution is -1.99. The van der Waals surface area contributed by atoms with E-state index < -0.39 is 11.7 Å². The highest BCUT2D eigenvalue weighted by Crippen LogP contribution is 2.19. The minimum atomic E-state index is -1.24. The molecule has 0 radical (unpaired) electrons. The minimum absolute atomic E-state index is 0.211. The molecule has 0 fully saturated rings. The van der Waals surface area contributed by atoms with Gasteiger partial charge in [0.2, 0.25) is 0 Å². The Morgan fingerprint density at radius 2 is 1.68 bits per heavy atom. The maximum absolute atomic E-state index is 11.1.